The second kappa shape index (κ2) is 9.96. The summed E-state index contributed by atoms with van der Waals surface area (Å²) in [7, 11) is -3.73. The first kappa shape index (κ1) is 24.4. The third kappa shape index (κ3) is 5.85. The Morgan fingerprint density at radius 1 is 1.03 bits per heavy atom. The number of carbonyl (C=O) groups excluding carboxylic acids is 2. The van der Waals surface area contributed by atoms with Crippen molar-refractivity contribution in [1.29, 1.82) is 0 Å². The number of esters is 1. The van der Waals surface area contributed by atoms with Crippen LogP contribution in [0, 0.1) is 20.8 Å². The summed E-state index contributed by atoms with van der Waals surface area (Å²) in [5.41, 5.74) is 3.71. The third-order valence-corrected chi connectivity index (χ3v) is 6.09. The number of nitrogens with zero attached hydrogens (tertiary/aromatic N) is 1. The molecule has 1 unspecified atom stereocenters. The van der Waals surface area contributed by atoms with E-state index in [1.54, 1.807) is 45.0 Å². The maximum absolute atomic E-state index is 13.2. The van der Waals surface area contributed by atoms with Crippen molar-refractivity contribution in [1.82, 2.24) is 0 Å². The van der Waals surface area contributed by atoms with Gasteiger partial charge in [0.2, 0.25) is 15.9 Å². The summed E-state index contributed by atoms with van der Waals surface area (Å²) >= 11 is 0. The highest BCUT2D eigenvalue weighted by molar-refractivity contribution is 7.92. The van der Waals surface area contributed by atoms with Crippen LogP contribution in [0.15, 0.2) is 36.4 Å². The second-order valence-corrected chi connectivity index (χ2v) is 9.37. The fraction of sp³-hybridized carbons (Fsp3) is 0.391. The zero-order valence-corrected chi connectivity index (χ0v) is 19.7. The van der Waals surface area contributed by atoms with Gasteiger partial charge in [-0.15, -0.1) is 0 Å². The molecular formula is C23H30N2O5S. The Labute approximate surface area is 184 Å². The van der Waals surface area contributed by atoms with E-state index in [0.29, 0.717) is 22.5 Å². The monoisotopic (exact) mass is 446 g/mol. The molecule has 0 aliphatic heterocycles. The van der Waals surface area contributed by atoms with Crippen LogP contribution >= 0.6 is 0 Å². The number of amides is 1. The SMILES string of the molecule is CCOC(=O)c1ccc(NC(=O)C(CC)N(c2cc(C)ccc2C)S(C)(=O)=O)c(C)c1. The van der Waals surface area contributed by atoms with Crippen molar-refractivity contribution in [2.45, 2.75) is 47.1 Å². The van der Waals surface area contributed by atoms with E-state index in [9.17, 15) is 18.0 Å². The maximum atomic E-state index is 13.2. The van der Waals surface area contributed by atoms with E-state index in [1.165, 1.54) is 4.31 Å². The molecule has 0 saturated carbocycles. The number of ether oxygens (including phenoxy) is 1. The molecule has 0 aliphatic rings. The molecule has 1 atom stereocenters. The number of hydrogen-bond donors (Lipinski definition) is 1. The molecule has 8 heteroatoms. The van der Waals surface area contributed by atoms with Gasteiger partial charge in [0.1, 0.15) is 6.04 Å². The van der Waals surface area contributed by atoms with Gasteiger partial charge in [0.15, 0.2) is 0 Å². The van der Waals surface area contributed by atoms with Gasteiger partial charge >= 0.3 is 5.97 Å². The van der Waals surface area contributed by atoms with Gasteiger partial charge in [0.25, 0.3) is 0 Å². The van der Waals surface area contributed by atoms with Crippen LogP contribution < -0.4 is 9.62 Å². The quantitative estimate of drug-likeness (QED) is 0.620. The first-order chi connectivity index (χ1) is 14.5. The molecule has 31 heavy (non-hydrogen) atoms. The van der Waals surface area contributed by atoms with E-state index in [1.807, 2.05) is 26.0 Å². The van der Waals surface area contributed by atoms with Crippen molar-refractivity contribution in [3.63, 3.8) is 0 Å². The van der Waals surface area contributed by atoms with Gasteiger partial charge in [0.05, 0.1) is 24.1 Å². The zero-order chi connectivity index (χ0) is 23.3. The molecule has 0 fully saturated rings. The molecule has 2 aromatic carbocycles. The molecule has 0 heterocycles. The van der Waals surface area contributed by atoms with Gasteiger partial charge in [-0.25, -0.2) is 13.2 Å². The lowest BCUT2D eigenvalue weighted by Gasteiger charge is -2.31. The van der Waals surface area contributed by atoms with Gasteiger partial charge < -0.3 is 10.1 Å². The van der Waals surface area contributed by atoms with E-state index in [2.05, 4.69) is 5.32 Å². The topological polar surface area (TPSA) is 92.8 Å². The summed E-state index contributed by atoms with van der Waals surface area (Å²) in [5.74, 6) is -0.881. The van der Waals surface area contributed by atoms with E-state index in [4.69, 9.17) is 4.74 Å². The Morgan fingerprint density at radius 3 is 2.26 bits per heavy atom. The summed E-state index contributed by atoms with van der Waals surface area (Å²) in [5, 5.41) is 2.82. The first-order valence-corrected chi connectivity index (χ1v) is 12.0. The van der Waals surface area contributed by atoms with Crippen molar-refractivity contribution in [2.24, 2.45) is 0 Å². The molecule has 7 nitrogen and oxygen atoms in total. The van der Waals surface area contributed by atoms with Crippen LogP contribution in [0.25, 0.3) is 0 Å². The largest absolute Gasteiger partial charge is 0.462 e. The highest BCUT2D eigenvalue weighted by Gasteiger charge is 2.32. The lowest BCUT2D eigenvalue weighted by atomic mass is 10.1. The van der Waals surface area contributed by atoms with Crippen molar-refractivity contribution >= 4 is 33.3 Å². The molecule has 0 radical (unpaired) electrons. The van der Waals surface area contributed by atoms with Crippen LogP contribution in [0.2, 0.25) is 0 Å². The summed E-state index contributed by atoms with van der Waals surface area (Å²) < 4.78 is 31.6. The molecule has 2 aromatic rings. The molecule has 2 rings (SSSR count). The van der Waals surface area contributed by atoms with E-state index in [0.717, 1.165) is 17.4 Å². The van der Waals surface area contributed by atoms with Gasteiger partial charge in [-0.3, -0.25) is 9.10 Å². The first-order valence-electron chi connectivity index (χ1n) is 10.1. The number of anilines is 2. The van der Waals surface area contributed by atoms with Crippen LogP contribution in [0.3, 0.4) is 0 Å². The van der Waals surface area contributed by atoms with Gasteiger partial charge in [-0.1, -0.05) is 19.1 Å². The minimum absolute atomic E-state index is 0.272. The summed E-state index contributed by atoms with van der Waals surface area (Å²) in [4.78, 5) is 25.1. The number of nitrogens with one attached hydrogen (secondary N) is 1. The van der Waals surface area contributed by atoms with Crippen LogP contribution in [0.4, 0.5) is 11.4 Å². The maximum Gasteiger partial charge on any atom is 0.338 e. The molecule has 0 spiro atoms. The summed E-state index contributed by atoms with van der Waals surface area (Å²) in [6.07, 6.45) is 1.39. The van der Waals surface area contributed by atoms with Crippen LogP contribution in [0.1, 0.15) is 47.3 Å². The Bertz CT molecular complexity index is 1080. The summed E-state index contributed by atoms with van der Waals surface area (Å²) in [6, 6.07) is 9.40. The van der Waals surface area contributed by atoms with Crippen LogP contribution in [0.5, 0.6) is 0 Å². The van der Waals surface area contributed by atoms with Crippen LogP contribution in [-0.4, -0.2) is 39.2 Å². The number of benzene rings is 2. The number of hydrogen-bond acceptors (Lipinski definition) is 5. The molecule has 0 aromatic heterocycles. The minimum atomic E-state index is -3.73. The van der Waals surface area contributed by atoms with E-state index >= 15 is 0 Å². The Hall–Kier alpha value is -2.87. The molecule has 0 aliphatic carbocycles. The lowest BCUT2D eigenvalue weighted by Crippen LogP contribution is -2.47. The highest BCUT2D eigenvalue weighted by Crippen LogP contribution is 2.28. The van der Waals surface area contributed by atoms with Crippen molar-refractivity contribution < 1.29 is 22.7 Å². The number of rotatable bonds is 8. The van der Waals surface area contributed by atoms with Crippen LogP contribution in [-0.2, 0) is 19.6 Å². The fourth-order valence-corrected chi connectivity index (χ4v) is 4.61. The highest BCUT2D eigenvalue weighted by atomic mass is 32.2. The smallest absolute Gasteiger partial charge is 0.338 e. The van der Waals surface area contributed by atoms with Crippen molar-refractivity contribution in [3.8, 4) is 0 Å². The number of sulfonamides is 1. The van der Waals surface area contributed by atoms with Crippen molar-refractivity contribution in [2.75, 3.05) is 22.5 Å². The minimum Gasteiger partial charge on any atom is -0.462 e. The molecule has 0 bridgehead atoms. The molecule has 168 valence electrons. The predicted octanol–water partition coefficient (Wildman–Crippen LogP) is 3.97. The Morgan fingerprint density at radius 2 is 1.71 bits per heavy atom. The number of aryl methyl sites for hydroxylation is 3. The standard InChI is InChI=1S/C23H30N2O5S/c1-7-20(25(31(6,28)29)21-13-15(3)9-10-16(21)4)22(26)24-19-12-11-18(14-17(19)5)23(27)30-8-2/h9-14,20H,7-8H2,1-6H3,(H,24,26). The lowest BCUT2D eigenvalue weighted by molar-refractivity contribution is -0.117. The molecule has 1 N–H and O–H groups in total. The Kier molecular flexibility index (Phi) is 7.84. The van der Waals surface area contributed by atoms with Gasteiger partial charge in [-0.2, -0.15) is 0 Å². The normalized spacial score (nSPS) is 12.2. The molecule has 1 amide bonds. The van der Waals surface area contributed by atoms with Crippen molar-refractivity contribution in [3.05, 3.63) is 58.7 Å². The van der Waals surface area contributed by atoms with E-state index < -0.39 is 27.9 Å². The zero-order valence-electron chi connectivity index (χ0n) is 18.9. The third-order valence-electron chi connectivity index (χ3n) is 4.93. The fourth-order valence-electron chi connectivity index (χ4n) is 3.35. The average Bonchev–Trinajstić information content (AvgIpc) is 2.68. The molecule has 0 saturated heterocycles. The predicted molar refractivity (Wildman–Crippen MR) is 123 cm³/mol. The Balaban J connectivity index is 2.39. The van der Waals surface area contributed by atoms with Gasteiger partial charge in [-0.05, 0) is 75.1 Å². The average molecular weight is 447 g/mol. The number of carbonyl (C=O) groups is 2. The molecular weight excluding hydrogens is 416 g/mol. The second-order valence-electron chi connectivity index (χ2n) is 7.51. The van der Waals surface area contributed by atoms with Gasteiger partial charge in [0, 0.05) is 5.69 Å². The summed E-state index contributed by atoms with van der Waals surface area (Å²) in [6.45, 7) is 9.22. The van der Waals surface area contributed by atoms with E-state index in [-0.39, 0.29) is 13.0 Å².